The maximum absolute atomic E-state index is 13.2. The minimum absolute atomic E-state index is 0.0304. The van der Waals surface area contributed by atoms with Gasteiger partial charge >= 0.3 is 5.69 Å². The molecule has 0 saturated carbocycles. The minimum Gasteiger partial charge on any atom is -0.324 e. The molecule has 27 heavy (non-hydrogen) atoms. The number of aryl methyl sites for hydroxylation is 1. The van der Waals surface area contributed by atoms with Crippen LogP contribution in [0.3, 0.4) is 0 Å². The highest BCUT2D eigenvalue weighted by molar-refractivity contribution is 7.90. The van der Waals surface area contributed by atoms with Crippen LogP contribution in [0.4, 0.5) is 10.1 Å². The second-order valence-corrected chi connectivity index (χ2v) is 7.70. The van der Waals surface area contributed by atoms with Gasteiger partial charge in [0, 0.05) is 18.1 Å². The molecule has 0 radical (unpaired) electrons. The standard InChI is InChI=1S/C18H16FN3O4S/c1-13-5-7-16(8-6-13)27(25,26)22-10-9-21(18(22)24)12-17(23)20-15-4-2-3-14(19)11-15/h2-11H,12H2,1H3,(H,20,23). The van der Waals surface area contributed by atoms with Crippen LogP contribution in [-0.2, 0) is 21.4 Å². The third kappa shape index (κ3) is 3.98. The summed E-state index contributed by atoms with van der Waals surface area (Å²) < 4.78 is 39.9. The van der Waals surface area contributed by atoms with Crippen LogP contribution < -0.4 is 11.0 Å². The van der Waals surface area contributed by atoms with Gasteiger partial charge in [0.25, 0.3) is 10.0 Å². The molecule has 1 heterocycles. The summed E-state index contributed by atoms with van der Waals surface area (Å²) in [5.41, 5.74) is 0.248. The van der Waals surface area contributed by atoms with E-state index in [1.165, 1.54) is 36.5 Å². The van der Waals surface area contributed by atoms with E-state index in [2.05, 4.69) is 5.32 Å². The molecule has 2 aromatic carbocycles. The lowest BCUT2D eigenvalue weighted by Gasteiger charge is -2.06. The molecule has 0 bridgehead atoms. The fourth-order valence-corrected chi connectivity index (χ4v) is 3.68. The predicted octanol–water partition coefficient (Wildman–Crippen LogP) is 1.97. The van der Waals surface area contributed by atoms with Crippen LogP contribution in [0.25, 0.3) is 0 Å². The Bertz CT molecular complexity index is 1150. The van der Waals surface area contributed by atoms with E-state index in [0.29, 0.717) is 3.97 Å². The Labute approximate surface area is 154 Å². The molecule has 0 aliphatic heterocycles. The number of nitrogens with zero attached hydrogens (tertiary/aromatic N) is 2. The Balaban J connectivity index is 1.82. The Kier molecular flexibility index (Phi) is 4.95. The fraction of sp³-hybridized carbons (Fsp3) is 0.111. The summed E-state index contributed by atoms with van der Waals surface area (Å²) in [5, 5.41) is 2.45. The van der Waals surface area contributed by atoms with Gasteiger partial charge in [-0.2, -0.15) is 3.97 Å². The van der Waals surface area contributed by atoms with Crippen LogP contribution >= 0.6 is 0 Å². The summed E-state index contributed by atoms with van der Waals surface area (Å²) in [4.78, 5) is 24.4. The molecule has 0 spiro atoms. The van der Waals surface area contributed by atoms with Crippen LogP contribution in [0.1, 0.15) is 5.56 Å². The minimum atomic E-state index is -4.06. The van der Waals surface area contributed by atoms with Crippen molar-refractivity contribution in [2.45, 2.75) is 18.4 Å². The van der Waals surface area contributed by atoms with E-state index in [4.69, 9.17) is 0 Å². The molecule has 9 heteroatoms. The summed E-state index contributed by atoms with van der Waals surface area (Å²) in [6.45, 7) is 1.40. The topological polar surface area (TPSA) is 90.2 Å². The van der Waals surface area contributed by atoms with Gasteiger partial charge in [0.2, 0.25) is 5.91 Å². The molecule has 1 amide bonds. The molecule has 0 aliphatic rings. The normalized spacial score (nSPS) is 11.3. The number of halogens is 1. The average Bonchev–Trinajstić information content (AvgIpc) is 2.96. The quantitative estimate of drug-likeness (QED) is 0.722. The van der Waals surface area contributed by atoms with E-state index in [0.717, 1.165) is 22.4 Å². The predicted molar refractivity (Wildman–Crippen MR) is 97.5 cm³/mol. The summed E-state index contributed by atoms with van der Waals surface area (Å²) in [7, 11) is -4.06. The van der Waals surface area contributed by atoms with Crippen molar-refractivity contribution in [1.82, 2.24) is 8.54 Å². The molecule has 1 N–H and O–H groups in total. The van der Waals surface area contributed by atoms with Crippen LogP contribution in [-0.4, -0.2) is 22.9 Å². The third-order valence-corrected chi connectivity index (χ3v) is 5.48. The first kappa shape index (κ1) is 18.6. The average molecular weight is 389 g/mol. The molecule has 140 valence electrons. The van der Waals surface area contributed by atoms with Gasteiger partial charge in [0.05, 0.1) is 4.90 Å². The number of carbonyl (C=O) groups excluding carboxylic acids is 1. The number of aromatic nitrogens is 2. The molecular formula is C18H16FN3O4S. The molecule has 0 fully saturated rings. The third-order valence-electron chi connectivity index (χ3n) is 3.82. The molecular weight excluding hydrogens is 373 g/mol. The lowest BCUT2D eigenvalue weighted by molar-refractivity contribution is -0.116. The van der Waals surface area contributed by atoms with Gasteiger partial charge in [0.1, 0.15) is 12.4 Å². The van der Waals surface area contributed by atoms with Crippen molar-refractivity contribution in [3.8, 4) is 0 Å². The Morgan fingerprint density at radius 3 is 2.48 bits per heavy atom. The number of benzene rings is 2. The van der Waals surface area contributed by atoms with Crippen LogP contribution in [0, 0.1) is 12.7 Å². The number of rotatable bonds is 5. The number of imidazole rings is 1. The van der Waals surface area contributed by atoms with Crippen molar-refractivity contribution < 1.29 is 17.6 Å². The smallest absolute Gasteiger partial charge is 0.324 e. The first-order valence-corrected chi connectivity index (χ1v) is 9.37. The highest BCUT2D eigenvalue weighted by atomic mass is 32.2. The van der Waals surface area contributed by atoms with Crippen LogP contribution in [0.5, 0.6) is 0 Å². The maximum atomic E-state index is 13.2. The number of anilines is 1. The summed E-state index contributed by atoms with van der Waals surface area (Å²) in [6, 6.07) is 11.4. The van der Waals surface area contributed by atoms with Gasteiger partial charge in [-0.1, -0.05) is 23.8 Å². The Morgan fingerprint density at radius 1 is 1.11 bits per heavy atom. The maximum Gasteiger partial charge on any atom is 0.342 e. The van der Waals surface area contributed by atoms with Gasteiger partial charge in [-0.25, -0.2) is 17.6 Å². The number of nitrogens with one attached hydrogen (secondary N) is 1. The van der Waals surface area contributed by atoms with E-state index in [1.54, 1.807) is 12.1 Å². The van der Waals surface area contributed by atoms with E-state index in [9.17, 15) is 22.4 Å². The van der Waals surface area contributed by atoms with Crippen molar-refractivity contribution >= 4 is 21.6 Å². The van der Waals surface area contributed by atoms with E-state index in [-0.39, 0.29) is 10.6 Å². The number of amides is 1. The molecule has 0 aliphatic carbocycles. The summed E-state index contributed by atoms with van der Waals surface area (Å²) >= 11 is 0. The number of hydrogen-bond acceptors (Lipinski definition) is 4. The van der Waals surface area contributed by atoms with E-state index < -0.39 is 34.0 Å². The number of carbonyl (C=O) groups is 1. The zero-order valence-electron chi connectivity index (χ0n) is 14.3. The zero-order chi connectivity index (χ0) is 19.6. The number of hydrogen-bond donors (Lipinski definition) is 1. The Morgan fingerprint density at radius 2 is 1.81 bits per heavy atom. The van der Waals surface area contributed by atoms with E-state index in [1.807, 2.05) is 6.92 Å². The first-order chi connectivity index (χ1) is 12.8. The SMILES string of the molecule is Cc1ccc(S(=O)(=O)n2ccn(CC(=O)Nc3cccc(F)c3)c2=O)cc1. The molecule has 0 saturated heterocycles. The van der Waals surface area contributed by atoms with E-state index >= 15 is 0 Å². The molecule has 1 aromatic heterocycles. The van der Waals surface area contributed by atoms with Crippen molar-refractivity contribution in [2.24, 2.45) is 0 Å². The van der Waals surface area contributed by atoms with Crippen LogP contribution in [0.15, 0.2) is 70.6 Å². The highest BCUT2D eigenvalue weighted by Gasteiger charge is 2.21. The molecule has 7 nitrogen and oxygen atoms in total. The Hall–Kier alpha value is -3.20. The van der Waals surface area contributed by atoms with Gasteiger partial charge < -0.3 is 5.32 Å². The molecule has 3 aromatic rings. The monoisotopic (exact) mass is 389 g/mol. The summed E-state index contributed by atoms with van der Waals surface area (Å²) in [6.07, 6.45) is 2.30. The lowest BCUT2D eigenvalue weighted by Crippen LogP contribution is -2.32. The van der Waals surface area contributed by atoms with Gasteiger partial charge in [-0.15, -0.1) is 0 Å². The van der Waals surface area contributed by atoms with Gasteiger partial charge in [0.15, 0.2) is 0 Å². The highest BCUT2D eigenvalue weighted by Crippen LogP contribution is 2.13. The van der Waals surface area contributed by atoms with Crippen molar-refractivity contribution in [2.75, 3.05) is 5.32 Å². The van der Waals surface area contributed by atoms with Crippen molar-refractivity contribution in [3.63, 3.8) is 0 Å². The lowest BCUT2D eigenvalue weighted by atomic mass is 10.2. The molecule has 0 unspecified atom stereocenters. The fourth-order valence-electron chi connectivity index (χ4n) is 2.44. The van der Waals surface area contributed by atoms with Crippen LogP contribution in [0.2, 0.25) is 0 Å². The second-order valence-electron chi connectivity index (χ2n) is 5.88. The first-order valence-electron chi connectivity index (χ1n) is 7.93. The zero-order valence-corrected chi connectivity index (χ0v) is 15.1. The van der Waals surface area contributed by atoms with Crippen molar-refractivity contribution in [1.29, 1.82) is 0 Å². The second kappa shape index (κ2) is 7.20. The van der Waals surface area contributed by atoms with Crippen molar-refractivity contribution in [3.05, 3.63) is 82.8 Å². The summed E-state index contributed by atoms with van der Waals surface area (Å²) in [5.74, 6) is -1.10. The van der Waals surface area contributed by atoms with Gasteiger partial charge in [-0.3, -0.25) is 9.36 Å². The largest absolute Gasteiger partial charge is 0.342 e. The molecule has 0 atom stereocenters. The molecule has 3 rings (SSSR count). The van der Waals surface area contributed by atoms with Gasteiger partial charge in [-0.05, 0) is 37.3 Å².